The fourth-order valence-electron chi connectivity index (χ4n) is 1.33. The number of aromatic amines is 2. The summed E-state index contributed by atoms with van der Waals surface area (Å²) in [5.74, 6) is 1.05. The van der Waals surface area contributed by atoms with Crippen LogP contribution < -0.4 is 4.74 Å². The number of nitrogens with one attached hydrogen (secondary N) is 2. The second-order valence-electron chi connectivity index (χ2n) is 3.25. The molecule has 3 N–H and O–H groups in total. The summed E-state index contributed by atoms with van der Waals surface area (Å²) in [5.41, 5.74) is 0.544. The number of aromatic hydroxyl groups is 1. The lowest BCUT2D eigenvalue weighted by atomic mass is 10.2. The van der Waals surface area contributed by atoms with Gasteiger partial charge in [0, 0.05) is 13.2 Å². The summed E-state index contributed by atoms with van der Waals surface area (Å²) in [6.07, 6.45) is 0. The van der Waals surface area contributed by atoms with E-state index in [0.29, 0.717) is 21.9 Å². The maximum atomic E-state index is 9.82. The van der Waals surface area contributed by atoms with Gasteiger partial charge in [0.1, 0.15) is 11.5 Å². The molecule has 0 unspecified atom stereocenters. The number of nitrogens with zero attached hydrogens (tertiary/aromatic N) is 1. The molecular weight excluding hydrogens is 242 g/mol. The normalized spacial score (nSPS) is 10.4. The summed E-state index contributed by atoms with van der Waals surface area (Å²) in [5, 5.41) is 15.2. The van der Waals surface area contributed by atoms with Gasteiger partial charge in [0.05, 0.1) is 5.56 Å². The number of methoxy groups -OCH3 is 1. The molecule has 0 aliphatic rings. The minimum atomic E-state index is 0.0522. The minimum Gasteiger partial charge on any atom is -0.507 e. The zero-order valence-electron chi connectivity index (χ0n) is 9.06. The summed E-state index contributed by atoms with van der Waals surface area (Å²) in [4.78, 5) is 4.01. The first-order chi connectivity index (χ1) is 8.20. The maximum absolute atomic E-state index is 9.82. The average molecular weight is 253 g/mol. The fourth-order valence-corrected chi connectivity index (χ4v) is 1.47. The molecule has 0 radical (unpaired) electrons. The van der Waals surface area contributed by atoms with Crippen LogP contribution in [0.15, 0.2) is 18.2 Å². The van der Waals surface area contributed by atoms with Gasteiger partial charge in [-0.15, -0.1) is 0 Å². The predicted molar refractivity (Wildman–Crippen MR) is 63.4 cm³/mol. The first-order valence-electron chi connectivity index (χ1n) is 4.80. The monoisotopic (exact) mass is 253 g/mol. The van der Waals surface area contributed by atoms with Crippen molar-refractivity contribution in [3.05, 3.63) is 23.0 Å². The third kappa shape index (κ3) is 2.63. The van der Waals surface area contributed by atoms with Gasteiger partial charge in [-0.1, -0.05) is 0 Å². The lowest BCUT2D eigenvalue weighted by Crippen LogP contribution is -1.98. The predicted octanol–water partition coefficient (Wildman–Crippen LogP) is 1.82. The molecule has 6 nitrogen and oxygen atoms in total. The molecule has 0 amide bonds. The van der Waals surface area contributed by atoms with Crippen molar-refractivity contribution in [3.8, 4) is 22.9 Å². The van der Waals surface area contributed by atoms with Crippen molar-refractivity contribution in [2.45, 2.75) is 0 Å². The molecule has 0 spiro atoms. The molecule has 2 aromatic rings. The van der Waals surface area contributed by atoms with E-state index in [-0.39, 0.29) is 12.5 Å². The Kier molecular flexibility index (Phi) is 3.40. The van der Waals surface area contributed by atoms with Crippen LogP contribution in [0.1, 0.15) is 0 Å². The Hall–Kier alpha value is -1.86. The highest BCUT2D eigenvalue weighted by Gasteiger charge is 2.08. The number of benzene rings is 1. The van der Waals surface area contributed by atoms with Crippen molar-refractivity contribution in [2.75, 3.05) is 13.9 Å². The first-order valence-corrected chi connectivity index (χ1v) is 5.21. The van der Waals surface area contributed by atoms with Gasteiger partial charge < -0.3 is 14.6 Å². The minimum absolute atomic E-state index is 0.0522. The van der Waals surface area contributed by atoms with Crippen LogP contribution >= 0.6 is 12.2 Å². The topological polar surface area (TPSA) is 83.2 Å². The van der Waals surface area contributed by atoms with Crippen LogP contribution in [0.5, 0.6) is 11.5 Å². The third-order valence-electron chi connectivity index (χ3n) is 2.07. The molecule has 7 heteroatoms. The van der Waals surface area contributed by atoms with Gasteiger partial charge in [-0.05, 0) is 24.4 Å². The molecule has 0 atom stereocenters. The smallest absolute Gasteiger partial charge is 0.213 e. The van der Waals surface area contributed by atoms with E-state index in [2.05, 4.69) is 15.2 Å². The van der Waals surface area contributed by atoms with E-state index in [0.717, 1.165) is 0 Å². The lowest BCUT2D eigenvalue weighted by Gasteiger charge is -2.06. The Morgan fingerprint density at radius 1 is 1.41 bits per heavy atom. The molecular formula is C10H11N3O3S. The maximum Gasteiger partial charge on any atom is 0.213 e. The Morgan fingerprint density at radius 3 is 2.82 bits per heavy atom. The van der Waals surface area contributed by atoms with Gasteiger partial charge in [-0.25, -0.2) is 0 Å². The van der Waals surface area contributed by atoms with Crippen molar-refractivity contribution < 1.29 is 14.6 Å². The van der Waals surface area contributed by atoms with E-state index >= 15 is 0 Å². The van der Waals surface area contributed by atoms with Gasteiger partial charge >= 0.3 is 0 Å². The number of H-pyrrole nitrogens is 2. The van der Waals surface area contributed by atoms with E-state index in [1.165, 1.54) is 13.2 Å². The molecule has 0 fully saturated rings. The van der Waals surface area contributed by atoms with Crippen molar-refractivity contribution >= 4 is 12.2 Å². The average Bonchev–Trinajstić information content (AvgIpc) is 2.73. The summed E-state index contributed by atoms with van der Waals surface area (Å²) in [7, 11) is 1.53. The van der Waals surface area contributed by atoms with Crippen molar-refractivity contribution in [1.29, 1.82) is 0 Å². The number of phenols is 1. The van der Waals surface area contributed by atoms with Crippen LogP contribution in [-0.4, -0.2) is 34.2 Å². The number of hydrogen-bond donors (Lipinski definition) is 3. The Morgan fingerprint density at radius 2 is 2.24 bits per heavy atom. The van der Waals surface area contributed by atoms with Gasteiger partial charge in [0.15, 0.2) is 12.6 Å². The molecule has 0 aliphatic carbocycles. The fraction of sp³-hybridized carbons (Fsp3) is 0.200. The number of aromatic nitrogens is 3. The Bertz CT molecular complexity index is 564. The standard InChI is InChI=1S/C10H11N3O3S/c1-15-5-16-6-2-3-7(8(14)4-6)9-11-10(17)13-12-9/h2-4,14H,5H2,1H3,(H2,11,12,13,17). The SMILES string of the molecule is COCOc1ccc(-c2nc(=S)[nH][nH]2)c(O)c1. The van der Waals surface area contributed by atoms with E-state index in [9.17, 15) is 5.11 Å². The van der Waals surface area contributed by atoms with E-state index in [1.54, 1.807) is 12.1 Å². The van der Waals surface area contributed by atoms with E-state index in [1.807, 2.05) is 0 Å². The number of phenolic OH excluding ortho intramolecular Hbond substituents is 1. The quantitative estimate of drug-likeness (QED) is 0.572. The zero-order chi connectivity index (χ0) is 12.3. The van der Waals surface area contributed by atoms with Crippen molar-refractivity contribution in [2.24, 2.45) is 0 Å². The van der Waals surface area contributed by atoms with E-state index < -0.39 is 0 Å². The summed E-state index contributed by atoms with van der Waals surface area (Å²) < 4.78 is 10.3. The summed E-state index contributed by atoms with van der Waals surface area (Å²) in [6, 6.07) is 4.88. The van der Waals surface area contributed by atoms with Gasteiger partial charge in [0.25, 0.3) is 0 Å². The van der Waals surface area contributed by atoms with Crippen LogP contribution in [0.25, 0.3) is 11.4 Å². The van der Waals surface area contributed by atoms with Crippen LogP contribution in [0.3, 0.4) is 0 Å². The summed E-state index contributed by atoms with van der Waals surface area (Å²) >= 11 is 4.84. The van der Waals surface area contributed by atoms with Gasteiger partial charge in [0.2, 0.25) is 4.77 Å². The lowest BCUT2D eigenvalue weighted by molar-refractivity contribution is 0.0510. The molecule has 0 aliphatic heterocycles. The molecule has 0 saturated heterocycles. The highest BCUT2D eigenvalue weighted by atomic mass is 32.1. The molecule has 1 aromatic heterocycles. The van der Waals surface area contributed by atoms with Crippen molar-refractivity contribution in [1.82, 2.24) is 15.2 Å². The molecule has 0 saturated carbocycles. The molecule has 1 aromatic carbocycles. The molecule has 0 bridgehead atoms. The Balaban J connectivity index is 2.28. The largest absolute Gasteiger partial charge is 0.507 e. The zero-order valence-corrected chi connectivity index (χ0v) is 9.87. The number of hydrogen-bond acceptors (Lipinski definition) is 5. The second kappa shape index (κ2) is 4.98. The van der Waals surface area contributed by atoms with Gasteiger partial charge in [-0.2, -0.15) is 4.98 Å². The molecule has 17 heavy (non-hydrogen) atoms. The summed E-state index contributed by atoms with van der Waals surface area (Å²) in [6.45, 7) is 0.129. The third-order valence-corrected chi connectivity index (χ3v) is 2.26. The van der Waals surface area contributed by atoms with Crippen LogP contribution in [0.2, 0.25) is 0 Å². The van der Waals surface area contributed by atoms with Crippen molar-refractivity contribution in [3.63, 3.8) is 0 Å². The second-order valence-corrected chi connectivity index (χ2v) is 3.63. The first kappa shape index (κ1) is 11.6. The highest BCUT2D eigenvalue weighted by molar-refractivity contribution is 7.71. The van der Waals surface area contributed by atoms with E-state index in [4.69, 9.17) is 21.7 Å². The van der Waals surface area contributed by atoms with Gasteiger partial charge in [-0.3, -0.25) is 10.2 Å². The molecule has 1 heterocycles. The van der Waals surface area contributed by atoms with Crippen LogP contribution in [0.4, 0.5) is 0 Å². The molecule has 90 valence electrons. The number of rotatable bonds is 4. The highest BCUT2D eigenvalue weighted by Crippen LogP contribution is 2.29. The number of ether oxygens (including phenoxy) is 2. The molecule has 2 rings (SSSR count). The van der Waals surface area contributed by atoms with Crippen LogP contribution in [-0.2, 0) is 4.74 Å². The Labute approximate surface area is 102 Å². The van der Waals surface area contributed by atoms with Crippen LogP contribution in [0, 0.1) is 4.77 Å².